The highest BCUT2D eigenvalue weighted by Crippen LogP contribution is 2.45. The van der Waals surface area contributed by atoms with Crippen molar-refractivity contribution in [2.24, 2.45) is 0 Å². The molecule has 0 spiro atoms. The molecule has 10 nitrogen and oxygen atoms in total. The smallest absolute Gasteiger partial charge is 0.378 e. The Kier molecular flexibility index (Phi) is 6.50. The lowest BCUT2D eigenvalue weighted by Gasteiger charge is -2.36. The van der Waals surface area contributed by atoms with Gasteiger partial charge in [0, 0.05) is 55.3 Å². The van der Waals surface area contributed by atoms with Gasteiger partial charge in [0.2, 0.25) is 5.95 Å². The summed E-state index contributed by atoms with van der Waals surface area (Å²) in [4.78, 5) is 18.5. The van der Waals surface area contributed by atoms with Crippen LogP contribution in [0, 0.1) is 0 Å². The maximum absolute atomic E-state index is 14.2. The second-order valence-electron chi connectivity index (χ2n) is 12.0. The Morgan fingerprint density at radius 2 is 1.98 bits per heavy atom. The van der Waals surface area contributed by atoms with Crippen LogP contribution in [0.25, 0.3) is 10.6 Å². The van der Waals surface area contributed by atoms with Crippen molar-refractivity contribution in [2.75, 3.05) is 48.8 Å². The molecule has 1 saturated carbocycles. The second kappa shape index (κ2) is 10.1. The molecule has 4 fully saturated rings. The van der Waals surface area contributed by atoms with Gasteiger partial charge in [-0.25, -0.2) is 23.4 Å². The van der Waals surface area contributed by atoms with Crippen molar-refractivity contribution in [2.45, 2.75) is 60.9 Å². The number of thiophene rings is 1. The minimum Gasteiger partial charge on any atom is -0.378 e. The van der Waals surface area contributed by atoms with E-state index in [0.717, 1.165) is 61.4 Å². The second-order valence-corrected chi connectivity index (χ2v) is 15.2. The van der Waals surface area contributed by atoms with E-state index in [-0.39, 0.29) is 39.1 Å². The highest BCUT2D eigenvalue weighted by Gasteiger charge is 2.40. The lowest BCUT2D eigenvalue weighted by atomic mass is 10.2. The average Bonchev–Trinajstić information content (AvgIpc) is 3.37. The molecule has 15 heteroatoms. The highest BCUT2D eigenvalue weighted by molar-refractivity contribution is 7.91. The first kappa shape index (κ1) is 27.7. The highest BCUT2D eigenvalue weighted by atomic mass is 32.2. The van der Waals surface area contributed by atoms with Gasteiger partial charge in [-0.15, -0.1) is 11.3 Å². The van der Waals surface area contributed by atoms with Crippen LogP contribution in [0.3, 0.4) is 0 Å². The van der Waals surface area contributed by atoms with Crippen molar-refractivity contribution < 1.29 is 26.3 Å². The number of hydrogen-bond donors (Lipinski definition) is 2. The lowest BCUT2D eigenvalue weighted by Crippen LogP contribution is -2.49. The van der Waals surface area contributed by atoms with Crippen LogP contribution in [0.5, 0.6) is 0 Å². The minimum absolute atomic E-state index is 0.00331. The van der Waals surface area contributed by atoms with Crippen LogP contribution in [0.4, 0.5) is 30.6 Å². The van der Waals surface area contributed by atoms with E-state index < -0.39 is 21.6 Å². The molecule has 0 unspecified atom stereocenters. The molecule has 4 aliphatic heterocycles. The van der Waals surface area contributed by atoms with E-state index in [4.69, 9.17) is 9.72 Å². The molecule has 8 rings (SSSR count). The van der Waals surface area contributed by atoms with Gasteiger partial charge in [-0.3, -0.25) is 4.90 Å². The van der Waals surface area contributed by atoms with Crippen LogP contribution in [0.15, 0.2) is 29.3 Å². The molecule has 3 saturated heterocycles. The molecule has 0 aromatic carbocycles. The Balaban J connectivity index is 1.14. The Bertz CT molecular complexity index is 1690. The van der Waals surface area contributed by atoms with Gasteiger partial charge < -0.3 is 20.3 Å². The summed E-state index contributed by atoms with van der Waals surface area (Å²) in [5, 5.41) is 6.64. The first-order valence-corrected chi connectivity index (χ1v) is 17.0. The first-order chi connectivity index (χ1) is 20.6. The SMILES string of the molecule is O=S1(=O)CCN(C2COC2)Cc2sc(-c3nc(Nc4ccc(N5C[C@H]6C[C@@H]5CN6)nc4C4CC4)ncc3C(F)(F)F)cc21. The van der Waals surface area contributed by atoms with E-state index in [2.05, 4.69) is 25.5 Å². The summed E-state index contributed by atoms with van der Waals surface area (Å²) in [7, 11) is -3.67. The predicted octanol–water partition coefficient (Wildman–Crippen LogP) is 3.78. The number of sulfone groups is 1. The number of aromatic nitrogens is 3. The van der Waals surface area contributed by atoms with Crippen molar-refractivity contribution >= 4 is 38.6 Å². The molecular formula is C28H30F3N7O3S2. The lowest BCUT2D eigenvalue weighted by molar-refractivity contribution is -0.137. The number of hydrogen-bond acceptors (Lipinski definition) is 11. The van der Waals surface area contributed by atoms with Crippen molar-refractivity contribution in [3.8, 4) is 10.6 Å². The fourth-order valence-corrected chi connectivity index (χ4v) is 9.52. The largest absolute Gasteiger partial charge is 0.420 e. The van der Waals surface area contributed by atoms with E-state index in [1.165, 1.54) is 6.07 Å². The number of nitrogens with zero attached hydrogens (tertiary/aromatic N) is 5. The molecule has 43 heavy (non-hydrogen) atoms. The van der Waals surface area contributed by atoms with Gasteiger partial charge in [0.1, 0.15) is 11.4 Å². The zero-order valence-corrected chi connectivity index (χ0v) is 24.7. The van der Waals surface area contributed by atoms with Crippen LogP contribution >= 0.6 is 11.3 Å². The fraction of sp³-hybridized carbons (Fsp3) is 0.536. The Morgan fingerprint density at radius 3 is 2.65 bits per heavy atom. The third kappa shape index (κ3) is 5.08. The molecule has 0 radical (unpaired) electrons. The van der Waals surface area contributed by atoms with Gasteiger partial charge in [-0.2, -0.15) is 13.2 Å². The summed E-state index contributed by atoms with van der Waals surface area (Å²) in [6.07, 6.45) is -0.859. The number of alkyl halides is 3. The van der Waals surface area contributed by atoms with Crippen molar-refractivity contribution in [1.82, 2.24) is 25.2 Å². The summed E-state index contributed by atoms with van der Waals surface area (Å²) in [5.74, 6) is 1.09. The number of pyridine rings is 1. The molecular weight excluding hydrogens is 603 g/mol. The van der Waals surface area contributed by atoms with Crippen LogP contribution in [0.2, 0.25) is 0 Å². The number of anilines is 3. The van der Waals surface area contributed by atoms with Gasteiger partial charge >= 0.3 is 6.18 Å². The fourth-order valence-electron chi connectivity index (χ4n) is 6.46. The van der Waals surface area contributed by atoms with E-state index in [1.54, 1.807) is 0 Å². The summed E-state index contributed by atoms with van der Waals surface area (Å²) < 4.78 is 74.1. The maximum Gasteiger partial charge on any atom is 0.420 e. The third-order valence-corrected chi connectivity index (χ3v) is 12.0. The van der Waals surface area contributed by atoms with Crippen molar-refractivity contribution in [3.05, 3.63) is 40.5 Å². The van der Waals surface area contributed by atoms with Gasteiger partial charge in [0.25, 0.3) is 0 Å². The van der Waals surface area contributed by atoms with E-state index in [9.17, 15) is 21.6 Å². The number of ether oxygens (including phenoxy) is 1. The quantitative estimate of drug-likeness (QED) is 0.416. The minimum atomic E-state index is -4.73. The average molecular weight is 634 g/mol. The molecule has 2 atom stereocenters. The standard InChI is InChI=1S/C28H30F3N7O3S2/c29-28(30,31)19-10-33-27(34-20-3-4-24(35-25(20)15-1-2-15)38-11-16-7-17(38)9-32-16)36-26(19)21-8-23-22(42-21)12-37(18-13-41-14-18)5-6-43(23,39)40/h3-4,8,10,15-18,32H,1-2,5-7,9,11-14H2,(H,33,34,36)/t16-,17-/m1/s1. The topological polar surface area (TPSA) is 113 Å². The Morgan fingerprint density at radius 1 is 1.14 bits per heavy atom. The molecule has 5 aliphatic rings. The number of rotatable bonds is 6. The van der Waals surface area contributed by atoms with Crippen molar-refractivity contribution in [3.63, 3.8) is 0 Å². The number of piperazine rings is 1. The number of fused-ring (bicyclic) bond motifs is 3. The molecule has 0 amide bonds. The summed E-state index contributed by atoms with van der Waals surface area (Å²) >= 11 is 1.04. The van der Waals surface area contributed by atoms with Gasteiger partial charge in [0.15, 0.2) is 9.84 Å². The first-order valence-electron chi connectivity index (χ1n) is 14.5. The number of halogens is 3. The van der Waals surface area contributed by atoms with Crippen LogP contribution in [-0.4, -0.2) is 85.0 Å². The molecule has 2 N–H and O–H groups in total. The molecule has 2 bridgehead atoms. The zero-order valence-electron chi connectivity index (χ0n) is 23.1. The van der Waals surface area contributed by atoms with Gasteiger partial charge in [-0.1, -0.05) is 0 Å². The molecule has 228 valence electrons. The van der Waals surface area contributed by atoms with Crippen LogP contribution in [-0.2, 0) is 27.3 Å². The molecule has 1 aliphatic carbocycles. The van der Waals surface area contributed by atoms with E-state index >= 15 is 0 Å². The zero-order chi connectivity index (χ0) is 29.5. The van der Waals surface area contributed by atoms with Crippen LogP contribution < -0.4 is 15.5 Å². The summed E-state index contributed by atoms with van der Waals surface area (Å²) in [5.41, 5.74) is 0.189. The Hall–Kier alpha value is -2.85. The third-order valence-electron chi connectivity index (χ3n) is 9.03. The summed E-state index contributed by atoms with van der Waals surface area (Å²) in [6, 6.07) is 6.20. The van der Waals surface area contributed by atoms with Gasteiger partial charge in [0.05, 0.1) is 51.9 Å². The predicted molar refractivity (Wildman–Crippen MR) is 154 cm³/mol. The molecule has 3 aromatic heterocycles. The summed E-state index contributed by atoms with van der Waals surface area (Å²) in [6.45, 7) is 3.57. The molecule has 3 aromatic rings. The normalized spacial score (nSPS) is 25.4. The number of nitrogens with one attached hydrogen (secondary N) is 2. The monoisotopic (exact) mass is 633 g/mol. The van der Waals surface area contributed by atoms with Crippen molar-refractivity contribution in [1.29, 1.82) is 0 Å². The van der Waals surface area contributed by atoms with E-state index in [1.807, 2.05) is 17.0 Å². The Labute approximate surface area is 250 Å². The maximum atomic E-state index is 14.2. The van der Waals surface area contributed by atoms with E-state index in [0.29, 0.717) is 49.0 Å². The molecule has 7 heterocycles. The van der Waals surface area contributed by atoms with Crippen LogP contribution in [0.1, 0.15) is 41.3 Å². The van der Waals surface area contributed by atoms with Gasteiger partial charge in [-0.05, 0) is 37.5 Å².